The minimum absolute atomic E-state index is 0.0214. The first-order chi connectivity index (χ1) is 11.0. The number of unbranched alkanes of at least 4 members (excludes halogenated alkanes) is 1. The highest BCUT2D eigenvalue weighted by atomic mass is 19.1. The number of nitrogens with two attached hydrogens (primary N) is 1. The third-order valence-electron chi connectivity index (χ3n) is 3.80. The number of halogens is 1. The van der Waals surface area contributed by atoms with Gasteiger partial charge in [-0.25, -0.2) is 9.07 Å². The van der Waals surface area contributed by atoms with E-state index in [9.17, 15) is 9.18 Å². The Morgan fingerprint density at radius 2 is 1.96 bits per heavy atom. The molecule has 0 aliphatic rings. The van der Waals surface area contributed by atoms with Crippen LogP contribution < -0.4 is 11.1 Å². The van der Waals surface area contributed by atoms with Crippen LogP contribution in [0.15, 0.2) is 24.3 Å². The zero-order valence-corrected chi connectivity index (χ0v) is 13.6. The first kappa shape index (κ1) is 17.1. The molecule has 0 bridgehead atoms. The first-order valence-corrected chi connectivity index (χ1v) is 7.80. The topological polar surface area (TPSA) is 72.9 Å². The lowest BCUT2D eigenvalue weighted by atomic mass is 10.1. The Kier molecular flexibility index (Phi) is 5.87. The minimum Gasteiger partial charge on any atom is -0.356 e. The maximum Gasteiger partial charge on any atom is 0.224 e. The van der Waals surface area contributed by atoms with Crippen LogP contribution in [0.1, 0.15) is 29.8 Å². The van der Waals surface area contributed by atoms with Crippen molar-refractivity contribution < 1.29 is 9.18 Å². The van der Waals surface area contributed by atoms with Gasteiger partial charge in [0.15, 0.2) is 0 Å². The van der Waals surface area contributed by atoms with E-state index in [0.29, 0.717) is 19.5 Å². The summed E-state index contributed by atoms with van der Waals surface area (Å²) in [4.78, 5) is 12.0. The molecule has 0 saturated heterocycles. The van der Waals surface area contributed by atoms with E-state index in [-0.39, 0.29) is 11.7 Å². The van der Waals surface area contributed by atoms with Crippen molar-refractivity contribution in [3.8, 4) is 5.69 Å². The molecule has 1 aromatic heterocycles. The van der Waals surface area contributed by atoms with Gasteiger partial charge in [-0.2, -0.15) is 5.10 Å². The normalized spacial score (nSPS) is 10.8. The van der Waals surface area contributed by atoms with Crippen molar-refractivity contribution in [2.45, 2.75) is 33.1 Å². The molecular formula is C17H23FN4O. The fourth-order valence-corrected chi connectivity index (χ4v) is 2.48. The van der Waals surface area contributed by atoms with Gasteiger partial charge in [0.1, 0.15) is 5.82 Å². The summed E-state index contributed by atoms with van der Waals surface area (Å²) in [7, 11) is 0. The number of aromatic nitrogens is 2. The summed E-state index contributed by atoms with van der Waals surface area (Å²) in [5, 5.41) is 7.37. The quantitative estimate of drug-likeness (QED) is 0.767. The van der Waals surface area contributed by atoms with Gasteiger partial charge in [0.25, 0.3) is 0 Å². The van der Waals surface area contributed by atoms with Gasteiger partial charge in [0, 0.05) is 17.8 Å². The second kappa shape index (κ2) is 7.87. The lowest BCUT2D eigenvalue weighted by Gasteiger charge is -2.07. The van der Waals surface area contributed by atoms with Crippen LogP contribution in [0.2, 0.25) is 0 Å². The molecule has 1 heterocycles. The van der Waals surface area contributed by atoms with Gasteiger partial charge in [-0.1, -0.05) is 0 Å². The van der Waals surface area contributed by atoms with Crippen molar-refractivity contribution in [2.24, 2.45) is 5.73 Å². The van der Waals surface area contributed by atoms with E-state index < -0.39 is 0 Å². The minimum atomic E-state index is -0.285. The number of benzene rings is 1. The van der Waals surface area contributed by atoms with Gasteiger partial charge in [0.2, 0.25) is 5.91 Å². The molecule has 2 aromatic rings. The summed E-state index contributed by atoms with van der Waals surface area (Å²) in [6.45, 7) is 5.07. The number of carbonyl (C=O) groups is 1. The Labute approximate surface area is 135 Å². The number of rotatable bonds is 7. The summed E-state index contributed by atoms with van der Waals surface area (Å²) in [6, 6.07) is 6.14. The highest BCUT2D eigenvalue weighted by Crippen LogP contribution is 2.18. The van der Waals surface area contributed by atoms with Crippen LogP contribution in [0, 0.1) is 19.7 Å². The average molecular weight is 318 g/mol. The lowest BCUT2D eigenvalue weighted by molar-refractivity contribution is -0.120. The lowest BCUT2D eigenvalue weighted by Crippen LogP contribution is -2.26. The van der Waals surface area contributed by atoms with Crippen molar-refractivity contribution in [2.75, 3.05) is 13.1 Å². The molecule has 0 radical (unpaired) electrons. The van der Waals surface area contributed by atoms with Gasteiger partial charge in [-0.05, 0) is 57.5 Å². The molecule has 124 valence electrons. The molecule has 6 heteroatoms. The second-order valence-electron chi connectivity index (χ2n) is 5.56. The Balaban J connectivity index is 2.08. The van der Waals surface area contributed by atoms with Crippen molar-refractivity contribution >= 4 is 5.91 Å². The molecule has 0 unspecified atom stereocenters. The number of nitrogens with zero attached hydrogens (tertiary/aromatic N) is 2. The average Bonchev–Trinajstić information content (AvgIpc) is 2.80. The van der Waals surface area contributed by atoms with Crippen molar-refractivity contribution in [3.05, 3.63) is 47.0 Å². The van der Waals surface area contributed by atoms with Crippen LogP contribution in [0.5, 0.6) is 0 Å². The molecule has 0 spiro atoms. The fraction of sp³-hybridized carbons (Fsp3) is 0.412. The number of carbonyl (C=O) groups excluding carboxylic acids is 1. The first-order valence-electron chi connectivity index (χ1n) is 7.80. The highest BCUT2D eigenvalue weighted by Gasteiger charge is 2.15. The monoisotopic (exact) mass is 318 g/mol. The van der Waals surface area contributed by atoms with Crippen molar-refractivity contribution in [3.63, 3.8) is 0 Å². The molecule has 1 aromatic carbocycles. The number of hydrogen-bond donors (Lipinski definition) is 2. The highest BCUT2D eigenvalue weighted by molar-refractivity contribution is 5.79. The number of hydrogen-bond acceptors (Lipinski definition) is 3. The molecule has 0 atom stereocenters. The van der Waals surface area contributed by atoms with Gasteiger partial charge >= 0.3 is 0 Å². The van der Waals surface area contributed by atoms with E-state index >= 15 is 0 Å². The summed E-state index contributed by atoms with van der Waals surface area (Å²) in [6.07, 6.45) is 2.08. The van der Waals surface area contributed by atoms with Crippen LogP contribution in [-0.2, 0) is 11.2 Å². The van der Waals surface area contributed by atoms with E-state index in [4.69, 9.17) is 5.73 Å². The number of nitrogens with one attached hydrogen (secondary N) is 1. The SMILES string of the molecule is Cc1nn(-c2ccc(F)cc2)c(C)c1CC(=O)NCCCCN. The van der Waals surface area contributed by atoms with E-state index in [1.54, 1.807) is 16.8 Å². The van der Waals surface area contributed by atoms with Crippen LogP contribution in [0.3, 0.4) is 0 Å². The maximum absolute atomic E-state index is 13.0. The predicted octanol–water partition coefficient (Wildman–Crippen LogP) is 2.03. The summed E-state index contributed by atoms with van der Waals surface area (Å²) >= 11 is 0. The molecule has 2 rings (SSSR count). The smallest absolute Gasteiger partial charge is 0.224 e. The molecule has 5 nitrogen and oxygen atoms in total. The van der Waals surface area contributed by atoms with E-state index in [1.165, 1.54) is 12.1 Å². The van der Waals surface area contributed by atoms with Crippen LogP contribution >= 0.6 is 0 Å². The van der Waals surface area contributed by atoms with Gasteiger partial charge in [0.05, 0.1) is 17.8 Å². The summed E-state index contributed by atoms with van der Waals surface area (Å²) in [5.74, 6) is -0.306. The zero-order valence-electron chi connectivity index (χ0n) is 13.6. The Bertz CT molecular complexity index is 664. The van der Waals surface area contributed by atoms with Crippen molar-refractivity contribution in [1.29, 1.82) is 0 Å². The summed E-state index contributed by atoms with van der Waals surface area (Å²) in [5.41, 5.74) is 8.82. The molecule has 23 heavy (non-hydrogen) atoms. The largest absolute Gasteiger partial charge is 0.356 e. The van der Waals surface area contributed by atoms with E-state index in [0.717, 1.165) is 35.5 Å². The Hall–Kier alpha value is -2.21. The maximum atomic E-state index is 13.0. The molecule has 0 aliphatic heterocycles. The van der Waals surface area contributed by atoms with E-state index in [2.05, 4.69) is 10.4 Å². The molecule has 0 aliphatic carbocycles. The van der Waals surface area contributed by atoms with Crippen molar-refractivity contribution in [1.82, 2.24) is 15.1 Å². The predicted molar refractivity (Wildman–Crippen MR) is 88.0 cm³/mol. The molecule has 0 saturated carbocycles. The number of amides is 1. The van der Waals surface area contributed by atoms with Gasteiger partial charge < -0.3 is 11.1 Å². The standard InChI is InChI=1S/C17H23FN4O/c1-12-16(11-17(23)20-10-4-3-9-19)13(2)22(21-12)15-7-5-14(18)6-8-15/h5-8H,3-4,9-11,19H2,1-2H3,(H,20,23). The fourth-order valence-electron chi connectivity index (χ4n) is 2.48. The molecular weight excluding hydrogens is 295 g/mol. The van der Waals surface area contributed by atoms with E-state index in [1.807, 2.05) is 13.8 Å². The Morgan fingerprint density at radius 3 is 2.61 bits per heavy atom. The molecule has 1 amide bonds. The van der Waals surface area contributed by atoms with Gasteiger partial charge in [-0.3, -0.25) is 4.79 Å². The second-order valence-corrected chi connectivity index (χ2v) is 5.56. The molecule has 0 fully saturated rings. The van der Waals surface area contributed by atoms with Gasteiger partial charge in [-0.15, -0.1) is 0 Å². The zero-order chi connectivity index (χ0) is 16.8. The van der Waals surface area contributed by atoms with Crippen LogP contribution in [-0.4, -0.2) is 28.8 Å². The third kappa shape index (κ3) is 4.39. The molecule has 3 N–H and O–H groups in total. The third-order valence-corrected chi connectivity index (χ3v) is 3.80. The Morgan fingerprint density at radius 1 is 1.26 bits per heavy atom. The summed E-state index contributed by atoms with van der Waals surface area (Å²) < 4.78 is 14.8. The van der Waals surface area contributed by atoms with Crippen LogP contribution in [0.4, 0.5) is 4.39 Å². The number of aryl methyl sites for hydroxylation is 1. The van der Waals surface area contributed by atoms with Crippen LogP contribution in [0.25, 0.3) is 5.69 Å².